The molecular weight excluding hydrogens is 661 g/mol. The SMILES string of the molecule is c1ccc(-c2ccc(N(c3cccc(-n4c5ccccc5c5ccccc54)c3)c3cccc4ccc5cc6c(cc5c34)sc3ccccc36)cc2)cc1. The highest BCUT2D eigenvalue weighted by Crippen LogP contribution is 2.45. The Bertz CT molecular complexity index is 3120. The second-order valence-electron chi connectivity index (χ2n) is 13.7. The number of benzene rings is 9. The van der Waals surface area contributed by atoms with Gasteiger partial charge in [-0.1, -0.05) is 127 Å². The van der Waals surface area contributed by atoms with E-state index in [2.05, 4.69) is 204 Å². The van der Waals surface area contributed by atoms with Gasteiger partial charge >= 0.3 is 0 Å². The average Bonchev–Trinajstić information content (AvgIpc) is 3.76. The van der Waals surface area contributed by atoms with Gasteiger partial charge in [0, 0.05) is 53.4 Å². The van der Waals surface area contributed by atoms with Crippen LogP contribution in [0.4, 0.5) is 17.1 Å². The number of aromatic nitrogens is 1. The van der Waals surface area contributed by atoms with Gasteiger partial charge in [-0.15, -0.1) is 11.3 Å². The van der Waals surface area contributed by atoms with E-state index < -0.39 is 0 Å². The zero-order chi connectivity index (χ0) is 34.9. The van der Waals surface area contributed by atoms with E-state index in [-0.39, 0.29) is 0 Å². The van der Waals surface area contributed by atoms with Crippen LogP contribution in [0.25, 0.3) is 80.3 Å². The number of anilines is 3. The highest BCUT2D eigenvalue weighted by atomic mass is 32.1. The maximum absolute atomic E-state index is 2.45. The second kappa shape index (κ2) is 11.9. The van der Waals surface area contributed by atoms with Crippen LogP contribution in [-0.4, -0.2) is 4.57 Å². The zero-order valence-corrected chi connectivity index (χ0v) is 29.6. The van der Waals surface area contributed by atoms with Gasteiger partial charge in [-0.25, -0.2) is 0 Å². The summed E-state index contributed by atoms with van der Waals surface area (Å²) in [7, 11) is 0. The van der Waals surface area contributed by atoms with Crippen molar-refractivity contribution in [1.29, 1.82) is 0 Å². The molecule has 11 aromatic rings. The van der Waals surface area contributed by atoms with Crippen molar-refractivity contribution in [3.63, 3.8) is 0 Å². The summed E-state index contributed by atoms with van der Waals surface area (Å²) >= 11 is 1.88. The Morgan fingerprint density at radius 2 is 1.04 bits per heavy atom. The van der Waals surface area contributed by atoms with Crippen LogP contribution in [0.1, 0.15) is 0 Å². The summed E-state index contributed by atoms with van der Waals surface area (Å²) in [5.41, 5.74) is 9.30. The molecule has 0 atom stereocenters. The van der Waals surface area contributed by atoms with Crippen LogP contribution in [0.3, 0.4) is 0 Å². The molecule has 2 aromatic heterocycles. The number of fused-ring (bicyclic) bond motifs is 9. The highest BCUT2D eigenvalue weighted by Gasteiger charge is 2.20. The first-order valence-corrected chi connectivity index (χ1v) is 18.9. The van der Waals surface area contributed by atoms with E-state index in [0.717, 1.165) is 22.7 Å². The first-order chi connectivity index (χ1) is 26.3. The molecule has 0 aliphatic carbocycles. The lowest BCUT2D eigenvalue weighted by Gasteiger charge is -2.28. The monoisotopic (exact) mass is 692 g/mol. The van der Waals surface area contributed by atoms with E-state index >= 15 is 0 Å². The molecule has 3 heteroatoms. The maximum Gasteiger partial charge on any atom is 0.0546 e. The molecule has 0 bridgehead atoms. The van der Waals surface area contributed by atoms with Crippen molar-refractivity contribution in [2.45, 2.75) is 0 Å². The Hall–Kier alpha value is -6.68. The van der Waals surface area contributed by atoms with Gasteiger partial charge in [0.15, 0.2) is 0 Å². The van der Waals surface area contributed by atoms with Crippen LogP contribution in [0.15, 0.2) is 194 Å². The summed E-state index contributed by atoms with van der Waals surface area (Å²) in [5, 5.41) is 10.1. The molecule has 2 nitrogen and oxygen atoms in total. The van der Waals surface area contributed by atoms with Gasteiger partial charge in [0.05, 0.1) is 16.7 Å². The lowest BCUT2D eigenvalue weighted by molar-refractivity contribution is 1.17. The summed E-state index contributed by atoms with van der Waals surface area (Å²) in [5.74, 6) is 0. The van der Waals surface area contributed by atoms with Crippen LogP contribution < -0.4 is 4.90 Å². The first-order valence-electron chi connectivity index (χ1n) is 18.1. The Morgan fingerprint density at radius 3 is 1.83 bits per heavy atom. The fourth-order valence-electron chi connectivity index (χ4n) is 8.33. The largest absolute Gasteiger partial charge is 0.310 e. The van der Waals surface area contributed by atoms with Gasteiger partial charge in [-0.05, 0) is 94.0 Å². The topological polar surface area (TPSA) is 8.17 Å². The van der Waals surface area contributed by atoms with Crippen LogP contribution >= 0.6 is 11.3 Å². The van der Waals surface area contributed by atoms with Crippen molar-refractivity contribution < 1.29 is 0 Å². The van der Waals surface area contributed by atoms with Crippen LogP contribution in [0, 0.1) is 0 Å². The van der Waals surface area contributed by atoms with Gasteiger partial charge in [0.25, 0.3) is 0 Å². The van der Waals surface area contributed by atoms with E-state index in [9.17, 15) is 0 Å². The molecule has 0 saturated heterocycles. The normalized spacial score (nSPS) is 11.8. The van der Waals surface area contributed by atoms with E-state index in [4.69, 9.17) is 0 Å². The van der Waals surface area contributed by atoms with Crippen molar-refractivity contribution in [1.82, 2.24) is 4.57 Å². The minimum absolute atomic E-state index is 1.10. The molecule has 248 valence electrons. The van der Waals surface area contributed by atoms with Crippen molar-refractivity contribution in [2.75, 3.05) is 4.90 Å². The predicted molar refractivity (Wildman–Crippen MR) is 229 cm³/mol. The van der Waals surface area contributed by atoms with Crippen molar-refractivity contribution in [3.8, 4) is 16.8 Å². The summed E-state index contributed by atoms with van der Waals surface area (Å²) in [4.78, 5) is 2.45. The molecule has 0 unspecified atom stereocenters. The third-order valence-corrected chi connectivity index (χ3v) is 11.9. The molecule has 0 N–H and O–H groups in total. The first kappa shape index (κ1) is 30.0. The molecule has 0 aliphatic rings. The van der Waals surface area contributed by atoms with Gasteiger partial charge in [0.2, 0.25) is 0 Å². The van der Waals surface area contributed by atoms with E-state index in [1.54, 1.807) is 0 Å². The number of thiophene rings is 1. The van der Waals surface area contributed by atoms with Gasteiger partial charge in [-0.2, -0.15) is 0 Å². The Labute approximate surface area is 311 Å². The van der Waals surface area contributed by atoms with E-state index in [1.807, 2.05) is 11.3 Å². The van der Waals surface area contributed by atoms with Crippen LogP contribution in [-0.2, 0) is 0 Å². The summed E-state index contributed by atoms with van der Waals surface area (Å²) in [6, 6.07) is 71.0. The summed E-state index contributed by atoms with van der Waals surface area (Å²) in [6.07, 6.45) is 0. The fraction of sp³-hybridized carbons (Fsp3) is 0. The smallest absolute Gasteiger partial charge is 0.0546 e. The molecule has 11 rings (SSSR count). The maximum atomic E-state index is 2.45. The Morgan fingerprint density at radius 1 is 0.377 bits per heavy atom. The third-order valence-electron chi connectivity index (χ3n) is 10.7. The fourth-order valence-corrected chi connectivity index (χ4v) is 9.46. The Kier molecular flexibility index (Phi) is 6.76. The molecule has 2 heterocycles. The molecule has 0 saturated carbocycles. The highest BCUT2D eigenvalue weighted by molar-refractivity contribution is 7.25. The molecule has 0 amide bonds. The van der Waals surface area contributed by atoms with Crippen LogP contribution in [0.2, 0.25) is 0 Å². The minimum Gasteiger partial charge on any atom is -0.310 e. The predicted octanol–water partition coefficient (Wildman–Crippen LogP) is 14.6. The molecule has 9 aromatic carbocycles. The van der Waals surface area contributed by atoms with Crippen LogP contribution in [0.5, 0.6) is 0 Å². The number of rotatable bonds is 5. The lowest BCUT2D eigenvalue weighted by Crippen LogP contribution is -2.11. The zero-order valence-electron chi connectivity index (χ0n) is 28.8. The van der Waals surface area contributed by atoms with Gasteiger partial charge in [0.1, 0.15) is 0 Å². The van der Waals surface area contributed by atoms with Crippen molar-refractivity contribution >= 4 is 91.9 Å². The molecule has 0 aliphatic heterocycles. The third kappa shape index (κ3) is 4.78. The number of nitrogens with zero attached hydrogens (tertiary/aromatic N) is 2. The number of hydrogen-bond donors (Lipinski definition) is 0. The van der Waals surface area contributed by atoms with Gasteiger partial charge in [-0.3, -0.25) is 0 Å². The minimum atomic E-state index is 1.10. The number of para-hydroxylation sites is 2. The molecule has 53 heavy (non-hydrogen) atoms. The average molecular weight is 693 g/mol. The standard InChI is InChI=1S/C50H32N2S/c1-2-12-33(13-3-1)34-26-28-37(29-27-34)51(38-15-11-16-39(31-38)52-45-20-7-4-17-40(45)41-18-5-8-21-46(41)52)47-22-10-14-35-24-25-36-30-44-42-19-6-9-23-48(42)53-49(44)32-43(36)50(35)47/h1-32H. The van der Waals surface area contributed by atoms with E-state index in [0.29, 0.717) is 0 Å². The molecule has 0 radical (unpaired) electrons. The Balaban J connectivity index is 1.17. The molecule has 0 spiro atoms. The van der Waals surface area contributed by atoms with Crippen molar-refractivity contribution in [3.05, 3.63) is 194 Å². The molecular formula is C50H32N2S. The summed E-state index contributed by atoms with van der Waals surface area (Å²) < 4.78 is 5.04. The van der Waals surface area contributed by atoms with E-state index in [1.165, 1.54) is 74.6 Å². The molecule has 0 fully saturated rings. The van der Waals surface area contributed by atoms with Gasteiger partial charge < -0.3 is 9.47 Å². The van der Waals surface area contributed by atoms with Crippen molar-refractivity contribution in [2.24, 2.45) is 0 Å². The number of hydrogen-bond acceptors (Lipinski definition) is 2. The lowest BCUT2D eigenvalue weighted by atomic mass is 9.97. The summed E-state index contributed by atoms with van der Waals surface area (Å²) in [6.45, 7) is 0. The second-order valence-corrected chi connectivity index (χ2v) is 14.8. The quantitative estimate of drug-likeness (QED) is 0.163.